The summed E-state index contributed by atoms with van der Waals surface area (Å²) < 4.78 is 14.5. The number of aliphatic hydroxyl groups is 1. The fraction of sp³-hybridized carbons (Fsp3) is 0.143. The van der Waals surface area contributed by atoms with E-state index in [-0.39, 0.29) is 28.0 Å². The number of phenols is 1. The number of rotatable bonds is 6. The molecule has 7 nitrogen and oxygen atoms in total. The van der Waals surface area contributed by atoms with Crippen molar-refractivity contribution in [2.45, 2.75) is 30.0 Å². The van der Waals surface area contributed by atoms with E-state index in [1.54, 1.807) is 36.4 Å². The smallest absolute Gasteiger partial charge is 0.301 e. The molecule has 5 rings (SSSR count). The molecule has 38 heavy (non-hydrogen) atoms. The van der Waals surface area contributed by atoms with Crippen LogP contribution in [0.5, 0.6) is 5.75 Å². The first-order valence-corrected chi connectivity index (χ1v) is 13.4. The van der Waals surface area contributed by atoms with Crippen molar-refractivity contribution >= 4 is 45.7 Å². The van der Waals surface area contributed by atoms with Gasteiger partial charge in [0, 0.05) is 11.3 Å². The second kappa shape index (κ2) is 10.4. The number of carbonyl (C=O) groups is 2. The van der Waals surface area contributed by atoms with Crippen LogP contribution >= 0.6 is 23.1 Å². The SMILES string of the molecule is Cc1ccc(C)c(C(O)=C2C(=O)C(=O)N(c3nnc(SCc4ccccc4F)s3)C2c2ccc(O)cc2)c1. The number of Topliss-reactive ketones (excluding diaryl/α,β-unsaturated/α-hetero) is 1. The number of aliphatic hydroxyl groups excluding tert-OH is 1. The molecule has 4 aromatic rings. The highest BCUT2D eigenvalue weighted by molar-refractivity contribution is 8.00. The number of benzene rings is 3. The van der Waals surface area contributed by atoms with Gasteiger partial charge in [0.15, 0.2) is 4.34 Å². The number of aromatic nitrogens is 2. The molecule has 1 aliphatic rings. The Hall–Kier alpha value is -4.02. The number of carbonyl (C=O) groups excluding carboxylic acids is 2. The van der Waals surface area contributed by atoms with Crippen molar-refractivity contribution in [1.29, 1.82) is 0 Å². The number of hydrogen-bond acceptors (Lipinski definition) is 8. The molecule has 1 aromatic heterocycles. The Morgan fingerprint density at radius 3 is 2.53 bits per heavy atom. The van der Waals surface area contributed by atoms with Crippen LogP contribution < -0.4 is 4.90 Å². The predicted octanol–water partition coefficient (Wildman–Crippen LogP) is 5.92. The van der Waals surface area contributed by atoms with Crippen molar-refractivity contribution in [2.24, 2.45) is 0 Å². The van der Waals surface area contributed by atoms with Crippen LogP contribution in [0.3, 0.4) is 0 Å². The molecule has 1 amide bonds. The Bertz CT molecular complexity index is 1580. The first-order chi connectivity index (χ1) is 18.2. The van der Waals surface area contributed by atoms with Gasteiger partial charge in [-0.05, 0) is 54.8 Å². The number of anilines is 1. The molecule has 0 bridgehead atoms. The molecule has 2 heterocycles. The lowest BCUT2D eigenvalue weighted by Crippen LogP contribution is -2.29. The van der Waals surface area contributed by atoms with Crippen LogP contribution in [-0.2, 0) is 15.3 Å². The van der Waals surface area contributed by atoms with Gasteiger partial charge in [0.1, 0.15) is 17.3 Å². The Morgan fingerprint density at radius 2 is 1.79 bits per heavy atom. The van der Waals surface area contributed by atoms with E-state index in [1.807, 2.05) is 26.0 Å². The van der Waals surface area contributed by atoms with Gasteiger partial charge < -0.3 is 10.2 Å². The first-order valence-electron chi connectivity index (χ1n) is 11.6. The van der Waals surface area contributed by atoms with Crippen molar-refractivity contribution in [3.63, 3.8) is 0 Å². The lowest BCUT2D eigenvalue weighted by atomic mass is 9.93. The van der Waals surface area contributed by atoms with E-state index in [0.717, 1.165) is 22.5 Å². The van der Waals surface area contributed by atoms with E-state index in [2.05, 4.69) is 10.2 Å². The summed E-state index contributed by atoms with van der Waals surface area (Å²) in [7, 11) is 0. The largest absolute Gasteiger partial charge is 0.508 e. The molecule has 0 saturated carbocycles. The van der Waals surface area contributed by atoms with E-state index in [4.69, 9.17) is 0 Å². The van der Waals surface area contributed by atoms with Gasteiger partial charge in [0.2, 0.25) is 5.13 Å². The molecular weight excluding hydrogens is 525 g/mol. The number of phenolic OH excluding ortho intramolecular Hbond substituents is 1. The molecular formula is C28H22FN3O4S2. The summed E-state index contributed by atoms with van der Waals surface area (Å²) in [5, 5.41) is 29.7. The summed E-state index contributed by atoms with van der Waals surface area (Å²) in [6, 6.07) is 17.0. The second-order valence-electron chi connectivity index (χ2n) is 8.81. The summed E-state index contributed by atoms with van der Waals surface area (Å²) >= 11 is 2.36. The highest BCUT2D eigenvalue weighted by atomic mass is 32.2. The number of amides is 1. The number of aromatic hydroxyl groups is 1. The minimum atomic E-state index is -0.993. The zero-order valence-corrected chi connectivity index (χ0v) is 22.0. The van der Waals surface area contributed by atoms with E-state index in [0.29, 0.717) is 26.8 Å². The van der Waals surface area contributed by atoms with Gasteiger partial charge >= 0.3 is 5.91 Å². The Balaban J connectivity index is 1.57. The molecule has 2 N–H and O–H groups in total. The maximum Gasteiger partial charge on any atom is 0.301 e. The van der Waals surface area contributed by atoms with E-state index in [1.165, 1.54) is 34.9 Å². The minimum absolute atomic E-state index is 0.0166. The number of hydrogen-bond donors (Lipinski definition) is 2. The highest BCUT2D eigenvalue weighted by Crippen LogP contribution is 2.44. The average molecular weight is 548 g/mol. The number of halogens is 1. The average Bonchev–Trinajstić information content (AvgIpc) is 3.47. The zero-order valence-electron chi connectivity index (χ0n) is 20.4. The van der Waals surface area contributed by atoms with Crippen LogP contribution in [-0.4, -0.2) is 32.1 Å². The summed E-state index contributed by atoms with van der Waals surface area (Å²) in [5.41, 5.74) is 3.01. The van der Waals surface area contributed by atoms with Crippen molar-refractivity contribution in [2.75, 3.05) is 4.90 Å². The molecule has 192 valence electrons. The fourth-order valence-electron chi connectivity index (χ4n) is 4.25. The first kappa shape index (κ1) is 25.6. The monoisotopic (exact) mass is 547 g/mol. The van der Waals surface area contributed by atoms with E-state index in [9.17, 15) is 24.2 Å². The van der Waals surface area contributed by atoms with Crippen LogP contribution in [0.2, 0.25) is 0 Å². The zero-order chi connectivity index (χ0) is 27.0. The van der Waals surface area contributed by atoms with Crippen LogP contribution in [0.15, 0.2) is 76.6 Å². The van der Waals surface area contributed by atoms with Gasteiger partial charge in [0.25, 0.3) is 5.78 Å². The molecule has 10 heteroatoms. The maximum absolute atomic E-state index is 14.0. The van der Waals surface area contributed by atoms with E-state index >= 15 is 0 Å². The summed E-state index contributed by atoms with van der Waals surface area (Å²) in [6.45, 7) is 3.68. The summed E-state index contributed by atoms with van der Waals surface area (Å²) in [6.07, 6.45) is 0. The third kappa shape index (κ3) is 4.80. The standard InChI is InChI=1S/C28H22FN3O4S2/c1-15-7-8-16(2)20(13-15)24(34)22-23(17-9-11-19(33)12-10-17)32(26(36)25(22)35)27-30-31-28(38-27)37-14-18-5-3-4-6-21(18)29/h3-13,23,33-34H,14H2,1-2H3. The predicted molar refractivity (Wildman–Crippen MR) is 145 cm³/mol. The van der Waals surface area contributed by atoms with Crippen LogP contribution in [0.4, 0.5) is 9.52 Å². The summed E-state index contributed by atoms with van der Waals surface area (Å²) in [4.78, 5) is 27.9. The maximum atomic E-state index is 14.0. The third-order valence-corrected chi connectivity index (χ3v) is 8.32. The molecule has 1 saturated heterocycles. The van der Waals surface area contributed by atoms with Crippen LogP contribution in [0.25, 0.3) is 5.76 Å². The molecule has 1 unspecified atom stereocenters. The van der Waals surface area contributed by atoms with Gasteiger partial charge in [0.05, 0.1) is 11.6 Å². The molecule has 0 aliphatic carbocycles. The van der Waals surface area contributed by atoms with Gasteiger partial charge in [-0.3, -0.25) is 14.5 Å². The van der Waals surface area contributed by atoms with Crippen molar-refractivity contribution in [3.8, 4) is 5.75 Å². The number of ketones is 1. The summed E-state index contributed by atoms with van der Waals surface area (Å²) in [5.74, 6) is -1.98. The van der Waals surface area contributed by atoms with E-state index < -0.39 is 17.7 Å². The number of nitrogens with zero attached hydrogens (tertiary/aromatic N) is 3. The number of thioether (sulfide) groups is 1. The van der Waals surface area contributed by atoms with Gasteiger partial charge in [-0.15, -0.1) is 10.2 Å². The van der Waals surface area contributed by atoms with Crippen molar-refractivity contribution in [1.82, 2.24) is 10.2 Å². The Labute approximate surface area is 226 Å². The van der Waals surface area contributed by atoms with Gasteiger partial charge in [-0.2, -0.15) is 0 Å². The van der Waals surface area contributed by atoms with Crippen molar-refractivity contribution < 1.29 is 24.2 Å². The molecule has 1 aliphatic heterocycles. The van der Waals surface area contributed by atoms with Gasteiger partial charge in [-0.25, -0.2) is 4.39 Å². The molecule has 3 aromatic carbocycles. The molecule has 0 radical (unpaired) electrons. The second-order valence-corrected chi connectivity index (χ2v) is 11.0. The molecule has 1 fully saturated rings. The van der Waals surface area contributed by atoms with Gasteiger partial charge in [-0.1, -0.05) is 71.1 Å². The third-order valence-electron chi connectivity index (χ3n) is 6.21. The lowest BCUT2D eigenvalue weighted by Gasteiger charge is -2.22. The Kier molecular flexibility index (Phi) is 7.00. The van der Waals surface area contributed by atoms with Crippen molar-refractivity contribution in [3.05, 3.63) is 106 Å². The number of aryl methyl sites for hydroxylation is 2. The molecule has 0 spiro atoms. The van der Waals surface area contributed by atoms with Crippen LogP contribution in [0.1, 0.15) is 33.9 Å². The molecule has 1 atom stereocenters. The lowest BCUT2D eigenvalue weighted by molar-refractivity contribution is -0.132. The van der Waals surface area contributed by atoms with Crippen LogP contribution in [0, 0.1) is 19.7 Å². The highest BCUT2D eigenvalue weighted by Gasteiger charge is 2.48. The normalized spacial score (nSPS) is 16.8. The topological polar surface area (TPSA) is 104 Å². The fourth-order valence-corrected chi connectivity index (χ4v) is 6.10. The minimum Gasteiger partial charge on any atom is -0.508 e. The Morgan fingerprint density at radius 1 is 1.05 bits per heavy atom. The quantitative estimate of drug-likeness (QED) is 0.102.